The molecule has 2 nitrogen and oxygen atoms in total. The number of rotatable bonds is 5. The van der Waals surface area contributed by atoms with E-state index >= 15 is 0 Å². The van der Waals surface area contributed by atoms with Crippen molar-refractivity contribution in [1.82, 2.24) is 5.32 Å². The molecule has 0 aliphatic heterocycles. The van der Waals surface area contributed by atoms with E-state index in [1.165, 1.54) is 11.1 Å². The van der Waals surface area contributed by atoms with E-state index in [0.29, 0.717) is 5.92 Å². The highest BCUT2D eigenvalue weighted by Crippen LogP contribution is 2.24. The van der Waals surface area contributed by atoms with Gasteiger partial charge in [0.05, 0.1) is 12.5 Å². The van der Waals surface area contributed by atoms with Crippen LogP contribution in [0.1, 0.15) is 37.8 Å². The smallest absolute Gasteiger partial charge is 0.0934 e. The number of nitrogens with one attached hydrogen (secondary N) is 1. The lowest BCUT2D eigenvalue weighted by molar-refractivity contribution is 0.404. The van der Waals surface area contributed by atoms with Crippen LogP contribution in [0.5, 0.6) is 0 Å². The molecule has 1 unspecified atom stereocenters. The van der Waals surface area contributed by atoms with Crippen molar-refractivity contribution in [2.75, 3.05) is 6.54 Å². The maximum Gasteiger partial charge on any atom is 0.0934 e. The lowest BCUT2D eigenvalue weighted by Gasteiger charge is -2.25. The summed E-state index contributed by atoms with van der Waals surface area (Å²) in [6.07, 6.45) is 4.56. The van der Waals surface area contributed by atoms with Crippen LogP contribution in [0.15, 0.2) is 51.7 Å². The maximum absolute atomic E-state index is 5.19. The summed E-state index contributed by atoms with van der Waals surface area (Å²) in [7, 11) is 0. The van der Waals surface area contributed by atoms with Gasteiger partial charge in [-0.15, -0.1) is 0 Å². The number of hydrogen-bond donors (Lipinski definition) is 1. The molecule has 1 aromatic heterocycles. The fourth-order valence-corrected chi connectivity index (χ4v) is 2.61. The van der Waals surface area contributed by atoms with Gasteiger partial charge in [0.15, 0.2) is 0 Å². The highest BCUT2D eigenvalue weighted by molar-refractivity contribution is 9.10. The third-order valence-corrected chi connectivity index (χ3v) is 3.75. The van der Waals surface area contributed by atoms with Crippen LogP contribution < -0.4 is 5.32 Å². The summed E-state index contributed by atoms with van der Waals surface area (Å²) in [4.78, 5) is 0. The fraction of sp³-hybridized carbons (Fsp3) is 0.412. The van der Waals surface area contributed by atoms with Gasteiger partial charge in [-0.1, -0.05) is 28.1 Å². The summed E-state index contributed by atoms with van der Waals surface area (Å²) < 4.78 is 6.32. The van der Waals surface area contributed by atoms with Crippen molar-refractivity contribution in [3.8, 4) is 0 Å². The Morgan fingerprint density at radius 1 is 1.25 bits per heavy atom. The lowest BCUT2D eigenvalue weighted by atomic mass is 9.92. The summed E-state index contributed by atoms with van der Waals surface area (Å²) >= 11 is 3.56. The Morgan fingerprint density at radius 2 is 2.05 bits per heavy atom. The van der Waals surface area contributed by atoms with Crippen molar-refractivity contribution < 1.29 is 4.42 Å². The first kappa shape index (κ1) is 15.3. The molecule has 0 amide bonds. The van der Waals surface area contributed by atoms with Crippen molar-refractivity contribution in [2.24, 2.45) is 0 Å². The van der Waals surface area contributed by atoms with Gasteiger partial charge < -0.3 is 9.73 Å². The molecule has 0 saturated carbocycles. The molecular formula is C17H22BrNO. The third-order valence-electron chi connectivity index (χ3n) is 3.26. The summed E-state index contributed by atoms with van der Waals surface area (Å²) in [6, 6.07) is 10.6. The first-order valence-corrected chi connectivity index (χ1v) is 7.75. The van der Waals surface area contributed by atoms with Crippen LogP contribution >= 0.6 is 15.9 Å². The second kappa shape index (κ2) is 6.59. The first-order valence-electron chi connectivity index (χ1n) is 6.95. The Morgan fingerprint density at radius 3 is 2.65 bits per heavy atom. The minimum atomic E-state index is 0.126. The molecule has 3 heteroatoms. The normalized spacial score (nSPS) is 13.4. The Labute approximate surface area is 129 Å². The van der Waals surface area contributed by atoms with Gasteiger partial charge in [-0.25, -0.2) is 0 Å². The zero-order chi connectivity index (χ0) is 14.6. The predicted molar refractivity (Wildman–Crippen MR) is 87.1 cm³/mol. The third kappa shape index (κ3) is 4.80. The number of furan rings is 1. The van der Waals surface area contributed by atoms with Crippen LogP contribution in [-0.4, -0.2) is 12.1 Å². The predicted octanol–water partition coefficient (Wildman–Crippen LogP) is 4.76. The van der Waals surface area contributed by atoms with Crippen LogP contribution in [-0.2, 0) is 6.42 Å². The van der Waals surface area contributed by atoms with Crippen molar-refractivity contribution in [3.63, 3.8) is 0 Å². The minimum Gasteiger partial charge on any atom is -0.472 e. The molecule has 0 bridgehead atoms. The summed E-state index contributed by atoms with van der Waals surface area (Å²) in [5.41, 5.74) is 2.71. The first-order chi connectivity index (χ1) is 9.44. The van der Waals surface area contributed by atoms with E-state index in [2.05, 4.69) is 66.3 Å². The molecule has 1 N–H and O–H groups in total. The minimum absolute atomic E-state index is 0.126. The Bertz CT molecular complexity index is 528. The van der Waals surface area contributed by atoms with E-state index in [0.717, 1.165) is 17.4 Å². The van der Waals surface area contributed by atoms with Gasteiger partial charge in [-0.05, 0) is 56.5 Å². The van der Waals surface area contributed by atoms with E-state index < -0.39 is 0 Å². The van der Waals surface area contributed by atoms with Gasteiger partial charge in [0.2, 0.25) is 0 Å². The van der Waals surface area contributed by atoms with E-state index in [9.17, 15) is 0 Å². The second-order valence-electron chi connectivity index (χ2n) is 6.22. The SMILES string of the molecule is CC(C)(C)NCC(Cc1ccoc1)c1cccc(Br)c1. The molecule has 0 spiro atoms. The van der Waals surface area contributed by atoms with E-state index in [-0.39, 0.29) is 5.54 Å². The number of benzene rings is 1. The molecule has 2 aromatic rings. The quantitative estimate of drug-likeness (QED) is 0.852. The molecule has 20 heavy (non-hydrogen) atoms. The molecule has 0 fully saturated rings. The summed E-state index contributed by atoms with van der Waals surface area (Å²) in [5.74, 6) is 0.435. The van der Waals surface area contributed by atoms with Gasteiger partial charge in [0.25, 0.3) is 0 Å². The van der Waals surface area contributed by atoms with Gasteiger partial charge in [-0.3, -0.25) is 0 Å². The zero-order valence-corrected chi connectivity index (χ0v) is 13.9. The molecule has 0 aliphatic carbocycles. The Hall–Kier alpha value is -1.06. The topological polar surface area (TPSA) is 25.2 Å². The van der Waals surface area contributed by atoms with Gasteiger partial charge in [0.1, 0.15) is 0 Å². The molecule has 1 atom stereocenters. The zero-order valence-electron chi connectivity index (χ0n) is 12.3. The van der Waals surface area contributed by atoms with Crippen LogP contribution in [0, 0.1) is 0 Å². The van der Waals surface area contributed by atoms with Crippen LogP contribution in [0.25, 0.3) is 0 Å². The molecular weight excluding hydrogens is 314 g/mol. The Kier molecular flexibility index (Phi) is 5.06. The van der Waals surface area contributed by atoms with E-state index in [4.69, 9.17) is 4.42 Å². The molecule has 0 aliphatic rings. The van der Waals surface area contributed by atoms with Crippen LogP contribution in [0.3, 0.4) is 0 Å². The number of halogens is 1. The van der Waals surface area contributed by atoms with E-state index in [1.807, 2.05) is 12.3 Å². The average molecular weight is 336 g/mol. The molecule has 1 aromatic carbocycles. The maximum atomic E-state index is 5.19. The molecule has 0 saturated heterocycles. The van der Waals surface area contributed by atoms with Gasteiger partial charge in [0, 0.05) is 22.5 Å². The van der Waals surface area contributed by atoms with E-state index in [1.54, 1.807) is 6.26 Å². The molecule has 1 heterocycles. The lowest BCUT2D eigenvalue weighted by Crippen LogP contribution is -2.39. The van der Waals surface area contributed by atoms with Crippen LogP contribution in [0.4, 0.5) is 0 Å². The second-order valence-corrected chi connectivity index (χ2v) is 7.13. The number of hydrogen-bond acceptors (Lipinski definition) is 2. The largest absolute Gasteiger partial charge is 0.472 e. The monoisotopic (exact) mass is 335 g/mol. The Balaban J connectivity index is 2.15. The van der Waals surface area contributed by atoms with Crippen molar-refractivity contribution in [3.05, 3.63) is 58.5 Å². The molecule has 0 radical (unpaired) electrons. The summed E-state index contributed by atoms with van der Waals surface area (Å²) in [5, 5.41) is 3.61. The van der Waals surface area contributed by atoms with Crippen LogP contribution in [0.2, 0.25) is 0 Å². The molecule has 108 valence electrons. The van der Waals surface area contributed by atoms with Crippen molar-refractivity contribution in [2.45, 2.75) is 38.6 Å². The summed E-state index contributed by atoms with van der Waals surface area (Å²) in [6.45, 7) is 7.54. The standard InChI is InChI=1S/C17H22BrNO/c1-17(2,3)19-11-15(9-13-7-8-20-12-13)14-5-4-6-16(18)10-14/h4-8,10,12,15,19H,9,11H2,1-3H3. The molecule has 2 rings (SSSR count). The highest BCUT2D eigenvalue weighted by atomic mass is 79.9. The van der Waals surface area contributed by atoms with Gasteiger partial charge >= 0.3 is 0 Å². The van der Waals surface area contributed by atoms with Crippen molar-refractivity contribution in [1.29, 1.82) is 0 Å². The van der Waals surface area contributed by atoms with Gasteiger partial charge in [-0.2, -0.15) is 0 Å². The highest BCUT2D eigenvalue weighted by Gasteiger charge is 2.17. The average Bonchev–Trinajstić information content (AvgIpc) is 2.86. The van der Waals surface area contributed by atoms with Crippen molar-refractivity contribution >= 4 is 15.9 Å². The fourth-order valence-electron chi connectivity index (χ4n) is 2.19.